The fourth-order valence-corrected chi connectivity index (χ4v) is 9.56. The summed E-state index contributed by atoms with van der Waals surface area (Å²) < 4.78 is 0. The fourth-order valence-electron chi connectivity index (χ4n) is 9.56. The van der Waals surface area contributed by atoms with Gasteiger partial charge in [-0.1, -0.05) is 110 Å². The number of anilines is 5. The van der Waals surface area contributed by atoms with Gasteiger partial charge in [0.15, 0.2) is 5.84 Å². The molecule has 0 radical (unpaired) electrons. The number of allylic oxidation sites excluding steroid dienone is 2. The molecule has 53 heavy (non-hydrogen) atoms. The third-order valence-electron chi connectivity index (χ3n) is 11.7. The molecule has 5 aliphatic rings. The Balaban J connectivity index is 1.17. The molecule has 0 fully saturated rings. The van der Waals surface area contributed by atoms with Crippen molar-refractivity contribution in [2.45, 2.75) is 31.2 Å². The Bertz CT molecular complexity index is 2550. The van der Waals surface area contributed by atoms with E-state index in [-0.39, 0.29) is 6.04 Å². The van der Waals surface area contributed by atoms with Gasteiger partial charge >= 0.3 is 0 Å². The van der Waals surface area contributed by atoms with Gasteiger partial charge in [0.25, 0.3) is 0 Å². The van der Waals surface area contributed by atoms with Crippen molar-refractivity contribution in [1.82, 2.24) is 4.98 Å². The Morgan fingerprint density at radius 1 is 0.679 bits per heavy atom. The smallest absolute Gasteiger partial charge is 0.173 e. The molecule has 0 N–H and O–H groups in total. The lowest BCUT2D eigenvalue weighted by Crippen LogP contribution is -2.41. The summed E-state index contributed by atoms with van der Waals surface area (Å²) in [6.07, 6.45) is 10.6. The fraction of sp³-hybridized carbons (Fsp3) is 0.146. The van der Waals surface area contributed by atoms with Crippen LogP contribution in [0.15, 0.2) is 162 Å². The predicted molar refractivity (Wildman–Crippen MR) is 217 cm³/mol. The molecule has 0 saturated heterocycles. The molecule has 5 aromatic carbocycles. The molecule has 4 heterocycles. The number of hydrogen-bond acceptors (Lipinski definition) is 5. The van der Waals surface area contributed by atoms with Crippen LogP contribution in [0.5, 0.6) is 0 Å². The minimum atomic E-state index is -0.516. The highest BCUT2D eigenvalue weighted by atomic mass is 15.2. The molecule has 2 atom stereocenters. The second-order valence-corrected chi connectivity index (χ2v) is 14.8. The molecule has 1 aromatic heterocycles. The highest BCUT2D eigenvalue weighted by Gasteiger charge is 2.51. The van der Waals surface area contributed by atoms with Crippen LogP contribution in [0.25, 0.3) is 5.57 Å². The molecular weight excluding hydrogens is 647 g/mol. The van der Waals surface area contributed by atoms with Gasteiger partial charge in [-0.15, -0.1) is 0 Å². The zero-order valence-electron chi connectivity index (χ0n) is 29.5. The summed E-state index contributed by atoms with van der Waals surface area (Å²) in [6, 6.07) is 49.5. The van der Waals surface area contributed by atoms with E-state index < -0.39 is 5.41 Å². The highest BCUT2D eigenvalue weighted by Crippen LogP contribution is 2.61. The molecular formula is C48H37N5. The van der Waals surface area contributed by atoms with E-state index in [2.05, 4.69) is 167 Å². The molecule has 0 amide bonds. The standard InChI is InChI=1S/C48H37N5/c1-31-29-49-47(50-30-31)41-21-13-25-46(51-41)53-42-22-10-6-17-35(42)36-28-40-33(27-45(36)53)26-32-14-5-7-18-37(32)48(40)38-19-8-11-23-43(38)52(34-15-3-2-4-16-34)44-24-12-9-20-39(44)48/h2-21,23-25,27-29,31,42H,22,26,30H2,1H3. The van der Waals surface area contributed by atoms with Gasteiger partial charge in [-0.3, -0.25) is 4.99 Å². The van der Waals surface area contributed by atoms with Crippen molar-refractivity contribution >= 4 is 46.2 Å². The van der Waals surface area contributed by atoms with E-state index in [1.807, 2.05) is 12.3 Å². The maximum atomic E-state index is 5.25. The van der Waals surface area contributed by atoms with Crippen LogP contribution in [-0.2, 0) is 11.8 Å². The Kier molecular flexibility index (Phi) is 6.63. The number of aromatic nitrogens is 1. The molecule has 1 spiro atoms. The maximum Gasteiger partial charge on any atom is 0.173 e. The number of rotatable bonds is 3. The maximum absolute atomic E-state index is 5.25. The van der Waals surface area contributed by atoms with Crippen molar-refractivity contribution in [2.24, 2.45) is 15.9 Å². The first kappa shape index (κ1) is 30.3. The van der Waals surface area contributed by atoms with Crippen molar-refractivity contribution in [3.05, 3.63) is 196 Å². The average molecular weight is 684 g/mol. The largest absolute Gasteiger partial charge is 0.318 e. The number of aliphatic imine (C=N–C) groups is 2. The molecule has 5 heteroatoms. The summed E-state index contributed by atoms with van der Waals surface area (Å²) in [7, 11) is 0. The molecule has 11 rings (SSSR count). The SMILES string of the molecule is CC1C=NC(c2cccc(N3c4cc5c(cc4C4=CC=CCC43)C3(c4ccccc4C5)c4ccccc4N(c4ccccc4)c4ccccc43)n2)=NC1. The van der Waals surface area contributed by atoms with Crippen LogP contribution in [0.4, 0.5) is 28.6 Å². The summed E-state index contributed by atoms with van der Waals surface area (Å²) >= 11 is 0. The minimum absolute atomic E-state index is 0.149. The first-order valence-electron chi connectivity index (χ1n) is 18.7. The normalized spacial score (nSPS) is 19.7. The number of pyridine rings is 1. The summed E-state index contributed by atoms with van der Waals surface area (Å²) in [5.74, 6) is 1.99. The van der Waals surface area contributed by atoms with E-state index in [4.69, 9.17) is 9.98 Å². The minimum Gasteiger partial charge on any atom is -0.318 e. The highest BCUT2D eigenvalue weighted by molar-refractivity contribution is 6.03. The summed E-state index contributed by atoms with van der Waals surface area (Å²) in [6.45, 7) is 2.88. The Labute approximate surface area is 310 Å². The molecule has 3 aliphatic heterocycles. The Hall–Kier alpha value is -6.33. The van der Waals surface area contributed by atoms with Crippen molar-refractivity contribution in [3.8, 4) is 0 Å². The van der Waals surface area contributed by atoms with E-state index in [9.17, 15) is 0 Å². The lowest BCUT2D eigenvalue weighted by molar-refractivity contribution is 0.692. The van der Waals surface area contributed by atoms with Crippen molar-refractivity contribution in [1.29, 1.82) is 0 Å². The van der Waals surface area contributed by atoms with Gasteiger partial charge in [0.2, 0.25) is 0 Å². The van der Waals surface area contributed by atoms with Crippen molar-refractivity contribution in [3.63, 3.8) is 0 Å². The number of benzene rings is 5. The van der Waals surface area contributed by atoms with Gasteiger partial charge < -0.3 is 9.80 Å². The number of hydrogen-bond donors (Lipinski definition) is 0. The summed E-state index contributed by atoms with van der Waals surface area (Å²) in [5.41, 5.74) is 15.8. The Morgan fingerprint density at radius 3 is 2.19 bits per heavy atom. The third-order valence-corrected chi connectivity index (χ3v) is 11.7. The van der Waals surface area contributed by atoms with Crippen molar-refractivity contribution < 1.29 is 0 Å². The third kappa shape index (κ3) is 4.34. The molecule has 6 aromatic rings. The molecule has 0 saturated carbocycles. The number of nitrogens with zero attached hydrogens (tertiary/aromatic N) is 5. The summed E-state index contributed by atoms with van der Waals surface area (Å²) in [5, 5.41) is 0. The second-order valence-electron chi connectivity index (χ2n) is 14.8. The quantitative estimate of drug-likeness (QED) is 0.186. The van der Waals surface area contributed by atoms with Crippen LogP contribution in [0.3, 0.4) is 0 Å². The van der Waals surface area contributed by atoms with Gasteiger partial charge in [0.05, 0.1) is 28.5 Å². The Morgan fingerprint density at radius 2 is 1.42 bits per heavy atom. The van der Waals surface area contributed by atoms with Crippen LogP contribution in [0, 0.1) is 5.92 Å². The monoisotopic (exact) mass is 683 g/mol. The number of amidine groups is 1. The first-order chi connectivity index (χ1) is 26.2. The number of fused-ring (bicyclic) bond motifs is 11. The number of para-hydroxylation sites is 3. The van der Waals surface area contributed by atoms with E-state index in [1.165, 1.54) is 61.6 Å². The van der Waals surface area contributed by atoms with Crippen LogP contribution < -0.4 is 9.80 Å². The molecule has 0 bridgehead atoms. The molecule has 2 unspecified atom stereocenters. The zero-order valence-corrected chi connectivity index (χ0v) is 29.5. The van der Waals surface area contributed by atoms with E-state index >= 15 is 0 Å². The van der Waals surface area contributed by atoms with Gasteiger partial charge in [-0.25, -0.2) is 9.98 Å². The van der Waals surface area contributed by atoms with Crippen LogP contribution >= 0.6 is 0 Å². The van der Waals surface area contributed by atoms with Crippen molar-refractivity contribution in [2.75, 3.05) is 16.3 Å². The van der Waals surface area contributed by atoms with Gasteiger partial charge in [0, 0.05) is 29.9 Å². The zero-order chi connectivity index (χ0) is 35.1. The second kappa shape index (κ2) is 11.6. The topological polar surface area (TPSA) is 44.1 Å². The van der Waals surface area contributed by atoms with E-state index in [0.29, 0.717) is 11.8 Å². The van der Waals surface area contributed by atoms with Gasteiger partial charge in [0.1, 0.15) is 11.5 Å². The van der Waals surface area contributed by atoms with Crippen LogP contribution in [0.1, 0.15) is 58.0 Å². The van der Waals surface area contributed by atoms with Gasteiger partial charge in [-0.2, -0.15) is 0 Å². The van der Waals surface area contributed by atoms with Crippen LogP contribution in [-0.4, -0.2) is 29.6 Å². The van der Waals surface area contributed by atoms with E-state index in [1.54, 1.807) is 0 Å². The molecule has 2 aliphatic carbocycles. The van der Waals surface area contributed by atoms with E-state index in [0.717, 1.165) is 36.6 Å². The average Bonchev–Trinajstić information content (AvgIpc) is 3.54. The lowest BCUT2D eigenvalue weighted by atomic mass is 9.57. The molecule has 5 nitrogen and oxygen atoms in total. The van der Waals surface area contributed by atoms with Crippen LogP contribution in [0.2, 0.25) is 0 Å². The summed E-state index contributed by atoms with van der Waals surface area (Å²) in [4.78, 5) is 19.6. The molecule has 254 valence electrons. The first-order valence-corrected chi connectivity index (χ1v) is 18.7. The lowest BCUT2D eigenvalue weighted by Gasteiger charge is -2.49. The predicted octanol–water partition coefficient (Wildman–Crippen LogP) is 10.5. The van der Waals surface area contributed by atoms with Gasteiger partial charge in [-0.05, 0) is 100 Å².